The van der Waals surface area contributed by atoms with Gasteiger partial charge in [0.1, 0.15) is 5.75 Å². The van der Waals surface area contributed by atoms with Crippen molar-refractivity contribution in [1.29, 1.82) is 0 Å². The summed E-state index contributed by atoms with van der Waals surface area (Å²) in [6, 6.07) is 14.0. The van der Waals surface area contributed by atoms with Gasteiger partial charge >= 0.3 is 0 Å². The first kappa shape index (κ1) is 19.7. The molecule has 3 aromatic rings. The fraction of sp³-hybridized carbons (Fsp3) is 0.286. The van der Waals surface area contributed by atoms with Gasteiger partial charge in [0.25, 0.3) is 0 Å². The number of benzene rings is 2. The van der Waals surface area contributed by atoms with Gasteiger partial charge in [-0.1, -0.05) is 53.4 Å². The number of carbonyl (C=O) groups is 1. The van der Waals surface area contributed by atoms with Gasteiger partial charge in [-0.25, -0.2) is 0 Å². The van der Waals surface area contributed by atoms with Gasteiger partial charge in [0.15, 0.2) is 4.34 Å². The van der Waals surface area contributed by atoms with Crippen LogP contribution in [0.5, 0.6) is 5.75 Å². The van der Waals surface area contributed by atoms with E-state index in [9.17, 15) is 4.79 Å². The number of thioether (sulfide) groups is 1. The van der Waals surface area contributed by atoms with Gasteiger partial charge in [-0.05, 0) is 37.1 Å². The molecule has 0 bridgehead atoms. The van der Waals surface area contributed by atoms with Gasteiger partial charge < -0.3 is 15.4 Å². The molecular weight excluding hydrogens is 404 g/mol. The maximum absolute atomic E-state index is 12.4. The Kier molecular flexibility index (Phi) is 6.01. The lowest BCUT2D eigenvalue weighted by Crippen LogP contribution is -2.33. The summed E-state index contributed by atoms with van der Waals surface area (Å²) < 4.78 is 6.42. The highest BCUT2D eigenvalue weighted by Gasteiger charge is 2.22. The highest BCUT2D eigenvalue weighted by atomic mass is 32.2. The number of para-hydroxylation sites is 1. The number of aryl methyl sites for hydroxylation is 1. The molecule has 2 N–H and O–H groups in total. The largest absolute Gasteiger partial charge is 0.493 e. The second-order valence-electron chi connectivity index (χ2n) is 6.83. The van der Waals surface area contributed by atoms with Gasteiger partial charge in [0.2, 0.25) is 11.0 Å². The zero-order valence-electron chi connectivity index (χ0n) is 16.3. The van der Waals surface area contributed by atoms with Crippen molar-refractivity contribution in [3.63, 3.8) is 0 Å². The van der Waals surface area contributed by atoms with E-state index < -0.39 is 0 Å². The second-order valence-corrected chi connectivity index (χ2v) is 9.03. The summed E-state index contributed by atoms with van der Waals surface area (Å²) in [6.45, 7) is 4.77. The van der Waals surface area contributed by atoms with Crippen molar-refractivity contribution in [2.24, 2.45) is 0 Å². The lowest BCUT2D eigenvalue weighted by molar-refractivity contribution is -0.119. The Hall–Kier alpha value is -2.58. The zero-order valence-corrected chi connectivity index (χ0v) is 17.9. The topological polar surface area (TPSA) is 76.1 Å². The first-order chi connectivity index (χ1) is 14.1. The predicted molar refractivity (Wildman–Crippen MR) is 117 cm³/mol. The van der Waals surface area contributed by atoms with Crippen LogP contribution in [0.15, 0.2) is 46.8 Å². The van der Waals surface area contributed by atoms with E-state index in [1.54, 1.807) is 0 Å². The molecule has 0 aliphatic carbocycles. The maximum atomic E-state index is 12.4. The van der Waals surface area contributed by atoms with E-state index >= 15 is 0 Å². The summed E-state index contributed by atoms with van der Waals surface area (Å²) in [7, 11) is 0. The Bertz CT molecular complexity index is 1020. The first-order valence-corrected chi connectivity index (χ1v) is 11.2. The van der Waals surface area contributed by atoms with Gasteiger partial charge in [-0.15, -0.1) is 10.2 Å². The number of hydrogen-bond acceptors (Lipinski definition) is 7. The summed E-state index contributed by atoms with van der Waals surface area (Å²) in [6.07, 6.45) is 0.774. The number of carbonyl (C=O) groups excluding carboxylic acids is 1. The molecule has 1 aromatic heterocycles. The monoisotopic (exact) mass is 426 g/mol. The molecule has 0 spiro atoms. The number of fused-ring (bicyclic) bond motifs is 1. The number of nitrogens with one attached hydrogen (secondary N) is 2. The standard InChI is InChI=1S/C21H22N4O2S2/c1-13-6-5-8-16(14(13)2)23-20-24-25-21(29-20)28-12-19(26)22-17-10-11-27-18-9-4-3-7-15(17)18/h3-9,17H,10-12H2,1-2H3,(H,22,26)(H,23,24). The van der Waals surface area contributed by atoms with Crippen LogP contribution < -0.4 is 15.4 Å². The van der Waals surface area contributed by atoms with Crippen molar-refractivity contribution < 1.29 is 9.53 Å². The molecule has 8 heteroatoms. The third kappa shape index (κ3) is 4.71. The Morgan fingerprint density at radius 3 is 2.97 bits per heavy atom. The van der Waals surface area contributed by atoms with E-state index in [0.29, 0.717) is 12.4 Å². The minimum Gasteiger partial charge on any atom is -0.493 e. The molecule has 29 heavy (non-hydrogen) atoms. The molecule has 1 aliphatic heterocycles. The summed E-state index contributed by atoms with van der Waals surface area (Å²) in [5.41, 5.74) is 4.47. The highest BCUT2D eigenvalue weighted by molar-refractivity contribution is 8.01. The molecule has 1 atom stereocenters. The smallest absolute Gasteiger partial charge is 0.230 e. The van der Waals surface area contributed by atoms with E-state index in [-0.39, 0.29) is 11.9 Å². The molecule has 4 rings (SSSR count). The Morgan fingerprint density at radius 2 is 2.07 bits per heavy atom. The van der Waals surface area contributed by atoms with Gasteiger partial charge in [-0.2, -0.15) is 0 Å². The third-order valence-corrected chi connectivity index (χ3v) is 6.85. The summed E-state index contributed by atoms with van der Waals surface area (Å²) in [5.74, 6) is 1.14. The number of nitrogens with zero attached hydrogens (tertiary/aromatic N) is 2. The van der Waals surface area contributed by atoms with Crippen molar-refractivity contribution in [3.05, 3.63) is 59.2 Å². The van der Waals surface area contributed by atoms with Crippen LogP contribution in [-0.4, -0.2) is 28.5 Å². The highest BCUT2D eigenvalue weighted by Crippen LogP contribution is 2.32. The molecule has 2 heterocycles. The Labute approximate surface area is 178 Å². The molecular formula is C21H22N4O2S2. The molecule has 1 aliphatic rings. The molecule has 6 nitrogen and oxygen atoms in total. The molecule has 150 valence electrons. The Morgan fingerprint density at radius 1 is 1.21 bits per heavy atom. The second kappa shape index (κ2) is 8.84. The molecule has 0 fully saturated rings. The number of amides is 1. The van der Waals surface area contributed by atoms with Gasteiger partial charge in [0.05, 0.1) is 18.4 Å². The lowest BCUT2D eigenvalue weighted by Gasteiger charge is -2.26. The molecule has 1 unspecified atom stereocenters. The van der Waals surface area contributed by atoms with Crippen LogP contribution in [0.4, 0.5) is 10.8 Å². The van der Waals surface area contributed by atoms with Crippen LogP contribution in [-0.2, 0) is 4.79 Å². The van der Waals surface area contributed by atoms with Crippen molar-refractivity contribution in [1.82, 2.24) is 15.5 Å². The van der Waals surface area contributed by atoms with E-state index in [4.69, 9.17) is 4.74 Å². The van der Waals surface area contributed by atoms with Crippen molar-refractivity contribution in [3.8, 4) is 5.75 Å². The van der Waals surface area contributed by atoms with Crippen LogP contribution in [0, 0.1) is 13.8 Å². The molecule has 1 amide bonds. The van der Waals surface area contributed by atoms with E-state index in [1.165, 1.54) is 34.2 Å². The fourth-order valence-corrected chi connectivity index (χ4v) is 4.75. The van der Waals surface area contributed by atoms with E-state index in [0.717, 1.165) is 32.9 Å². The number of ether oxygens (including phenoxy) is 1. The minimum absolute atomic E-state index is 0.0102. The van der Waals surface area contributed by atoms with Crippen LogP contribution in [0.25, 0.3) is 0 Å². The number of rotatable bonds is 6. The predicted octanol–water partition coefficient (Wildman–Crippen LogP) is 4.63. The number of aromatic nitrogens is 2. The van der Waals surface area contributed by atoms with Crippen molar-refractivity contribution >= 4 is 39.8 Å². The average Bonchev–Trinajstić information content (AvgIpc) is 3.18. The van der Waals surface area contributed by atoms with Gasteiger partial charge in [-0.3, -0.25) is 4.79 Å². The molecule has 0 radical (unpaired) electrons. The molecule has 0 saturated heterocycles. The normalized spacial score (nSPS) is 15.3. The zero-order chi connectivity index (χ0) is 20.2. The Balaban J connectivity index is 1.32. The fourth-order valence-electron chi connectivity index (χ4n) is 3.18. The maximum Gasteiger partial charge on any atom is 0.230 e. The summed E-state index contributed by atoms with van der Waals surface area (Å²) >= 11 is 2.85. The summed E-state index contributed by atoms with van der Waals surface area (Å²) in [4.78, 5) is 12.4. The first-order valence-electron chi connectivity index (χ1n) is 9.41. The third-order valence-electron chi connectivity index (χ3n) is 4.87. The molecule has 2 aromatic carbocycles. The van der Waals surface area contributed by atoms with E-state index in [1.807, 2.05) is 36.4 Å². The van der Waals surface area contributed by atoms with Crippen LogP contribution >= 0.6 is 23.1 Å². The SMILES string of the molecule is Cc1cccc(Nc2nnc(SCC(=O)NC3CCOc4ccccc43)s2)c1C. The quantitative estimate of drug-likeness (QED) is 0.560. The lowest BCUT2D eigenvalue weighted by atomic mass is 10.0. The number of hydrogen-bond donors (Lipinski definition) is 2. The minimum atomic E-state index is -0.0176. The van der Waals surface area contributed by atoms with E-state index in [2.05, 4.69) is 40.7 Å². The number of anilines is 2. The van der Waals surface area contributed by atoms with Gasteiger partial charge in [0, 0.05) is 17.7 Å². The summed E-state index contributed by atoms with van der Waals surface area (Å²) in [5, 5.41) is 15.5. The molecule has 0 saturated carbocycles. The van der Waals surface area contributed by atoms with Crippen LogP contribution in [0.3, 0.4) is 0 Å². The van der Waals surface area contributed by atoms with Crippen LogP contribution in [0.2, 0.25) is 0 Å². The van der Waals surface area contributed by atoms with Crippen LogP contribution in [0.1, 0.15) is 29.2 Å². The van der Waals surface area contributed by atoms with Crippen molar-refractivity contribution in [2.45, 2.75) is 30.6 Å². The van der Waals surface area contributed by atoms with Crippen molar-refractivity contribution in [2.75, 3.05) is 17.7 Å². The average molecular weight is 427 g/mol.